The summed E-state index contributed by atoms with van der Waals surface area (Å²) in [5.74, 6) is -0.581. The lowest BCUT2D eigenvalue weighted by Crippen LogP contribution is -2.03. The molecule has 2 nitrogen and oxygen atoms in total. The van der Waals surface area contributed by atoms with Gasteiger partial charge < -0.3 is 5.73 Å². The highest BCUT2D eigenvalue weighted by molar-refractivity contribution is 7.21. The van der Waals surface area contributed by atoms with E-state index in [0.717, 1.165) is 12.1 Å². The molecular formula is C14H8F4N2S. The second-order valence-corrected chi connectivity index (χ2v) is 5.43. The van der Waals surface area contributed by atoms with Gasteiger partial charge in [0.1, 0.15) is 10.8 Å². The van der Waals surface area contributed by atoms with Crippen molar-refractivity contribution in [2.45, 2.75) is 6.18 Å². The first-order chi connectivity index (χ1) is 9.86. The van der Waals surface area contributed by atoms with Crippen LogP contribution in [0.1, 0.15) is 5.56 Å². The van der Waals surface area contributed by atoms with E-state index in [1.54, 1.807) is 6.07 Å². The number of nitrogen functional groups attached to an aromatic ring is 1. The van der Waals surface area contributed by atoms with Gasteiger partial charge in [0, 0.05) is 5.56 Å². The number of fused-ring (bicyclic) bond motifs is 1. The molecule has 1 aromatic heterocycles. The van der Waals surface area contributed by atoms with Crippen molar-refractivity contribution in [2.24, 2.45) is 0 Å². The normalized spacial score (nSPS) is 12.0. The summed E-state index contributed by atoms with van der Waals surface area (Å²) >= 11 is 1.17. The van der Waals surface area contributed by atoms with Gasteiger partial charge in [-0.25, -0.2) is 9.37 Å². The number of benzene rings is 2. The number of hydrogen-bond donors (Lipinski definition) is 1. The zero-order chi connectivity index (χ0) is 15.2. The molecule has 0 saturated carbocycles. The van der Waals surface area contributed by atoms with Crippen LogP contribution in [0.2, 0.25) is 0 Å². The fourth-order valence-corrected chi connectivity index (χ4v) is 2.93. The van der Waals surface area contributed by atoms with Crippen LogP contribution in [-0.2, 0) is 6.18 Å². The Labute approximate surface area is 120 Å². The third-order valence-electron chi connectivity index (χ3n) is 3.00. The van der Waals surface area contributed by atoms with Crippen molar-refractivity contribution < 1.29 is 17.6 Å². The number of hydrogen-bond acceptors (Lipinski definition) is 3. The molecule has 2 N–H and O–H groups in total. The number of para-hydroxylation sites is 1. The van der Waals surface area contributed by atoms with Crippen LogP contribution < -0.4 is 5.73 Å². The predicted octanol–water partition coefficient (Wildman–Crippen LogP) is 4.70. The quantitative estimate of drug-likeness (QED) is 0.522. The number of nitrogens with zero attached hydrogens (tertiary/aromatic N) is 1. The summed E-state index contributed by atoms with van der Waals surface area (Å²) < 4.78 is 52.0. The maximum Gasteiger partial charge on any atom is 0.416 e. The second kappa shape index (κ2) is 4.70. The maximum atomic E-state index is 13.4. The molecule has 0 amide bonds. The summed E-state index contributed by atoms with van der Waals surface area (Å²) in [6, 6.07) is 7.61. The van der Waals surface area contributed by atoms with Crippen molar-refractivity contribution in [3.8, 4) is 10.6 Å². The summed E-state index contributed by atoms with van der Waals surface area (Å²) in [6.45, 7) is 0. The minimum Gasteiger partial charge on any atom is -0.396 e. The molecule has 1 heterocycles. The minimum absolute atomic E-state index is 0.0624. The van der Waals surface area contributed by atoms with E-state index in [0.29, 0.717) is 15.3 Å². The van der Waals surface area contributed by atoms with Crippen molar-refractivity contribution in [3.63, 3.8) is 0 Å². The van der Waals surface area contributed by atoms with E-state index in [4.69, 9.17) is 5.73 Å². The fourth-order valence-electron chi connectivity index (χ4n) is 1.94. The fraction of sp³-hybridized carbons (Fsp3) is 0.0714. The zero-order valence-electron chi connectivity index (χ0n) is 10.4. The number of halogens is 4. The lowest BCUT2D eigenvalue weighted by Gasteiger charge is -2.04. The molecule has 0 bridgehead atoms. The molecule has 0 saturated heterocycles. The molecule has 3 aromatic rings. The van der Waals surface area contributed by atoms with Crippen LogP contribution in [0.4, 0.5) is 23.2 Å². The Morgan fingerprint density at radius 2 is 1.86 bits per heavy atom. The van der Waals surface area contributed by atoms with Crippen LogP contribution in [0.5, 0.6) is 0 Å². The molecule has 0 aliphatic carbocycles. The van der Waals surface area contributed by atoms with Gasteiger partial charge in [-0.1, -0.05) is 6.07 Å². The smallest absolute Gasteiger partial charge is 0.396 e. The average molecular weight is 312 g/mol. The highest BCUT2D eigenvalue weighted by atomic mass is 32.1. The highest BCUT2D eigenvalue weighted by Crippen LogP contribution is 2.37. The average Bonchev–Trinajstić information content (AvgIpc) is 2.83. The van der Waals surface area contributed by atoms with Gasteiger partial charge in [0.25, 0.3) is 0 Å². The number of anilines is 1. The molecule has 0 fully saturated rings. The topological polar surface area (TPSA) is 38.9 Å². The first-order valence-corrected chi connectivity index (χ1v) is 6.70. The Kier molecular flexibility index (Phi) is 3.09. The molecule has 7 heteroatoms. The summed E-state index contributed by atoms with van der Waals surface area (Å²) in [5.41, 5.74) is 5.42. The molecule has 108 valence electrons. The second-order valence-electron chi connectivity index (χ2n) is 4.40. The van der Waals surface area contributed by atoms with Gasteiger partial charge in [0.2, 0.25) is 0 Å². The van der Waals surface area contributed by atoms with Crippen molar-refractivity contribution >= 4 is 27.2 Å². The lowest BCUT2D eigenvalue weighted by molar-refractivity contribution is -0.137. The summed E-state index contributed by atoms with van der Waals surface area (Å²) in [6.07, 6.45) is -4.42. The van der Waals surface area contributed by atoms with Crippen molar-refractivity contribution in [2.75, 3.05) is 5.73 Å². The van der Waals surface area contributed by atoms with Crippen molar-refractivity contribution in [1.82, 2.24) is 4.98 Å². The van der Waals surface area contributed by atoms with Gasteiger partial charge in [-0.2, -0.15) is 13.2 Å². The van der Waals surface area contributed by atoms with Gasteiger partial charge in [0.15, 0.2) is 0 Å². The summed E-state index contributed by atoms with van der Waals surface area (Å²) in [5, 5.41) is 0.390. The number of aromatic nitrogens is 1. The van der Waals surface area contributed by atoms with Gasteiger partial charge in [-0.3, -0.25) is 0 Å². The Hall–Kier alpha value is -2.15. The standard InChI is InChI=1S/C14H8F4N2S/c15-9-3-1-2-8(12(9)19)13-20-10-6-7(14(16,17)18)4-5-11(10)21-13/h1-6H,19H2. The van der Waals surface area contributed by atoms with E-state index in [9.17, 15) is 17.6 Å². The van der Waals surface area contributed by atoms with Crippen LogP contribution in [0.3, 0.4) is 0 Å². The van der Waals surface area contributed by atoms with E-state index in [-0.39, 0.29) is 11.2 Å². The third-order valence-corrected chi connectivity index (χ3v) is 4.07. The van der Waals surface area contributed by atoms with Gasteiger partial charge in [-0.15, -0.1) is 11.3 Å². The third kappa shape index (κ3) is 2.44. The Morgan fingerprint density at radius 1 is 1.10 bits per heavy atom. The molecule has 2 aromatic carbocycles. The van der Waals surface area contributed by atoms with Crippen LogP contribution in [0.15, 0.2) is 36.4 Å². The van der Waals surface area contributed by atoms with Gasteiger partial charge in [0.05, 0.1) is 21.5 Å². The Balaban J connectivity index is 2.15. The molecule has 0 spiro atoms. The first-order valence-electron chi connectivity index (χ1n) is 5.88. The molecule has 21 heavy (non-hydrogen) atoms. The number of thiazole rings is 1. The lowest BCUT2D eigenvalue weighted by atomic mass is 10.2. The summed E-state index contributed by atoms with van der Waals surface area (Å²) in [7, 11) is 0. The van der Waals surface area contributed by atoms with Crippen molar-refractivity contribution in [1.29, 1.82) is 0 Å². The largest absolute Gasteiger partial charge is 0.416 e. The number of nitrogens with two attached hydrogens (primary N) is 1. The molecule has 0 unspecified atom stereocenters. The molecule has 0 radical (unpaired) electrons. The first kappa shape index (κ1) is 13.8. The highest BCUT2D eigenvalue weighted by Gasteiger charge is 2.30. The van der Waals surface area contributed by atoms with Gasteiger partial charge in [-0.05, 0) is 30.3 Å². The number of alkyl halides is 3. The zero-order valence-corrected chi connectivity index (χ0v) is 11.2. The minimum atomic E-state index is -4.42. The maximum absolute atomic E-state index is 13.4. The predicted molar refractivity (Wildman–Crippen MR) is 74.4 cm³/mol. The summed E-state index contributed by atoms with van der Waals surface area (Å²) in [4.78, 5) is 4.13. The Morgan fingerprint density at radius 3 is 2.57 bits per heavy atom. The van der Waals surface area contributed by atoms with E-state index >= 15 is 0 Å². The van der Waals surface area contributed by atoms with Crippen LogP contribution in [-0.4, -0.2) is 4.98 Å². The van der Waals surface area contributed by atoms with Crippen LogP contribution >= 0.6 is 11.3 Å². The monoisotopic (exact) mass is 312 g/mol. The molecule has 3 rings (SSSR count). The SMILES string of the molecule is Nc1c(F)cccc1-c1nc2cc(C(F)(F)F)ccc2s1. The van der Waals surface area contributed by atoms with E-state index in [2.05, 4.69) is 4.98 Å². The molecule has 0 atom stereocenters. The number of rotatable bonds is 1. The molecular weight excluding hydrogens is 304 g/mol. The molecule has 0 aliphatic heterocycles. The van der Waals surface area contributed by atoms with Crippen LogP contribution in [0.25, 0.3) is 20.8 Å². The molecule has 0 aliphatic rings. The van der Waals surface area contributed by atoms with Crippen molar-refractivity contribution in [3.05, 3.63) is 47.8 Å². The van der Waals surface area contributed by atoms with E-state index in [1.165, 1.54) is 29.5 Å². The van der Waals surface area contributed by atoms with E-state index < -0.39 is 17.6 Å². The van der Waals surface area contributed by atoms with Crippen LogP contribution in [0, 0.1) is 5.82 Å². The Bertz CT molecular complexity index is 823. The van der Waals surface area contributed by atoms with E-state index in [1.807, 2.05) is 0 Å². The van der Waals surface area contributed by atoms with Gasteiger partial charge >= 0.3 is 6.18 Å².